The Kier molecular flexibility index (Phi) is 3.92. The summed E-state index contributed by atoms with van der Waals surface area (Å²) >= 11 is 0. The van der Waals surface area contributed by atoms with E-state index in [-0.39, 0.29) is 10.8 Å². The topological polar surface area (TPSA) is 63.2 Å². The van der Waals surface area contributed by atoms with Crippen LogP contribution in [0.25, 0.3) is 0 Å². The number of nitrogens with zero attached hydrogens (tertiary/aromatic N) is 3. The number of hydrogen-bond donors (Lipinski definition) is 0. The van der Waals surface area contributed by atoms with E-state index in [0.29, 0.717) is 30.9 Å². The van der Waals surface area contributed by atoms with E-state index in [1.165, 1.54) is 22.5 Å². The molecule has 3 rings (SSSR count). The van der Waals surface area contributed by atoms with Crippen LogP contribution < -0.4 is 0 Å². The van der Waals surface area contributed by atoms with Crippen LogP contribution in [0, 0.1) is 12.7 Å². The second-order valence-corrected chi connectivity index (χ2v) is 7.27. The smallest absolute Gasteiger partial charge is 0.241 e. The molecule has 1 aromatic heterocycles. The summed E-state index contributed by atoms with van der Waals surface area (Å²) in [5.41, 5.74) is 0.416. The Morgan fingerprint density at radius 3 is 2.68 bits per heavy atom. The molecule has 0 aliphatic carbocycles. The van der Waals surface area contributed by atoms with Crippen molar-refractivity contribution >= 4 is 10.0 Å². The summed E-state index contributed by atoms with van der Waals surface area (Å²) in [7, 11) is -3.62. The zero-order valence-electron chi connectivity index (χ0n) is 12.1. The Balaban J connectivity index is 1.85. The standard InChI is InChI=1S/C15H16FN3O2S/c1-11-9-13(16)3-4-14(11)22(20,21)19-8-5-12(10-19)15-17-6-2-7-18-15/h2-4,6-7,9,12H,5,8,10H2,1H3/t12-/m0/s1. The average Bonchev–Trinajstić information content (AvgIpc) is 2.98. The maximum Gasteiger partial charge on any atom is 0.243 e. The zero-order chi connectivity index (χ0) is 15.7. The third-order valence-corrected chi connectivity index (χ3v) is 5.88. The molecule has 5 nitrogen and oxygen atoms in total. The van der Waals surface area contributed by atoms with E-state index < -0.39 is 15.8 Å². The van der Waals surface area contributed by atoms with Gasteiger partial charge in [-0.15, -0.1) is 0 Å². The maximum absolute atomic E-state index is 13.2. The van der Waals surface area contributed by atoms with Crippen LogP contribution in [0.2, 0.25) is 0 Å². The molecule has 0 radical (unpaired) electrons. The molecule has 1 saturated heterocycles. The van der Waals surface area contributed by atoms with Crippen LogP contribution in [0.3, 0.4) is 0 Å². The van der Waals surface area contributed by atoms with Gasteiger partial charge in [-0.1, -0.05) is 0 Å². The fraction of sp³-hybridized carbons (Fsp3) is 0.333. The molecule has 7 heteroatoms. The van der Waals surface area contributed by atoms with Gasteiger partial charge in [0, 0.05) is 31.4 Å². The van der Waals surface area contributed by atoms with Crippen LogP contribution in [0.1, 0.15) is 23.7 Å². The van der Waals surface area contributed by atoms with Crippen LogP contribution in [0.5, 0.6) is 0 Å². The van der Waals surface area contributed by atoms with Gasteiger partial charge in [-0.05, 0) is 43.2 Å². The molecule has 0 N–H and O–H groups in total. The van der Waals surface area contributed by atoms with Crippen molar-refractivity contribution in [3.63, 3.8) is 0 Å². The van der Waals surface area contributed by atoms with Gasteiger partial charge in [0.25, 0.3) is 0 Å². The number of sulfonamides is 1. The largest absolute Gasteiger partial charge is 0.243 e. The van der Waals surface area contributed by atoms with E-state index in [4.69, 9.17) is 0 Å². The summed E-state index contributed by atoms with van der Waals surface area (Å²) in [6, 6.07) is 5.47. The second kappa shape index (κ2) is 5.73. The zero-order valence-corrected chi connectivity index (χ0v) is 12.9. The van der Waals surface area contributed by atoms with Gasteiger partial charge in [-0.2, -0.15) is 4.31 Å². The number of halogens is 1. The second-order valence-electron chi connectivity index (χ2n) is 5.37. The van der Waals surface area contributed by atoms with Crippen LogP contribution in [0.15, 0.2) is 41.6 Å². The summed E-state index contributed by atoms with van der Waals surface area (Å²) in [6.07, 6.45) is 4.00. The van der Waals surface area contributed by atoms with Gasteiger partial charge in [0.2, 0.25) is 10.0 Å². The first-order valence-corrected chi connectivity index (χ1v) is 8.46. The highest BCUT2D eigenvalue weighted by atomic mass is 32.2. The fourth-order valence-corrected chi connectivity index (χ4v) is 4.43. The monoisotopic (exact) mass is 321 g/mol. The summed E-state index contributed by atoms with van der Waals surface area (Å²) in [5, 5.41) is 0. The van der Waals surface area contributed by atoms with E-state index in [0.717, 1.165) is 0 Å². The van der Waals surface area contributed by atoms with Crippen molar-refractivity contribution in [1.29, 1.82) is 0 Å². The van der Waals surface area contributed by atoms with E-state index in [1.807, 2.05) is 0 Å². The molecular formula is C15H16FN3O2S. The predicted octanol–water partition coefficient (Wildman–Crippen LogP) is 2.10. The van der Waals surface area contributed by atoms with E-state index in [9.17, 15) is 12.8 Å². The first kappa shape index (κ1) is 15.1. The van der Waals surface area contributed by atoms with Gasteiger partial charge in [-0.25, -0.2) is 22.8 Å². The molecule has 116 valence electrons. The number of rotatable bonds is 3. The average molecular weight is 321 g/mol. The highest BCUT2D eigenvalue weighted by molar-refractivity contribution is 7.89. The Labute approximate surface area is 128 Å². The van der Waals surface area contributed by atoms with Gasteiger partial charge in [0.15, 0.2) is 0 Å². The molecule has 2 heterocycles. The van der Waals surface area contributed by atoms with Crippen LogP contribution >= 0.6 is 0 Å². The lowest BCUT2D eigenvalue weighted by Crippen LogP contribution is -2.29. The minimum absolute atomic E-state index is 0.00303. The minimum Gasteiger partial charge on any atom is -0.241 e. The first-order chi connectivity index (χ1) is 10.5. The third-order valence-electron chi connectivity index (χ3n) is 3.86. The molecule has 1 aliphatic rings. The molecule has 0 unspecified atom stereocenters. The Morgan fingerprint density at radius 2 is 2.00 bits per heavy atom. The van der Waals surface area contributed by atoms with Gasteiger partial charge in [-0.3, -0.25) is 0 Å². The first-order valence-electron chi connectivity index (χ1n) is 7.01. The normalized spacial score (nSPS) is 19.5. The van der Waals surface area contributed by atoms with Gasteiger partial charge < -0.3 is 0 Å². The van der Waals surface area contributed by atoms with Crippen molar-refractivity contribution < 1.29 is 12.8 Å². The minimum atomic E-state index is -3.62. The summed E-state index contributed by atoms with van der Waals surface area (Å²) in [6.45, 7) is 2.37. The van der Waals surface area contributed by atoms with Crippen LogP contribution in [0.4, 0.5) is 4.39 Å². The molecule has 1 atom stereocenters. The molecular weight excluding hydrogens is 305 g/mol. The number of aryl methyl sites for hydroxylation is 1. The number of benzene rings is 1. The van der Waals surface area contributed by atoms with E-state index in [2.05, 4.69) is 9.97 Å². The van der Waals surface area contributed by atoms with E-state index >= 15 is 0 Å². The number of hydrogen-bond acceptors (Lipinski definition) is 4. The van der Waals surface area contributed by atoms with Crippen LogP contribution in [-0.2, 0) is 10.0 Å². The summed E-state index contributed by atoms with van der Waals surface area (Å²) < 4.78 is 40.0. The lowest BCUT2D eigenvalue weighted by atomic mass is 10.1. The molecule has 0 bridgehead atoms. The van der Waals surface area contributed by atoms with Crippen molar-refractivity contribution in [1.82, 2.24) is 14.3 Å². The van der Waals surface area contributed by atoms with E-state index in [1.54, 1.807) is 25.4 Å². The van der Waals surface area contributed by atoms with Gasteiger partial charge in [0.05, 0.1) is 4.90 Å². The molecule has 0 spiro atoms. The fourth-order valence-electron chi connectivity index (χ4n) is 2.72. The van der Waals surface area contributed by atoms with Gasteiger partial charge >= 0.3 is 0 Å². The van der Waals surface area contributed by atoms with Crippen molar-refractivity contribution in [2.45, 2.75) is 24.2 Å². The van der Waals surface area contributed by atoms with Crippen molar-refractivity contribution in [3.05, 3.63) is 53.9 Å². The highest BCUT2D eigenvalue weighted by Gasteiger charge is 2.35. The highest BCUT2D eigenvalue weighted by Crippen LogP contribution is 2.30. The third kappa shape index (κ3) is 2.74. The molecule has 2 aromatic rings. The van der Waals surface area contributed by atoms with Crippen LogP contribution in [-0.4, -0.2) is 35.8 Å². The molecule has 0 saturated carbocycles. The molecule has 1 fully saturated rings. The lowest BCUT2D eigenvalue weighted by Gasteiger charge is -2.17. The maximum atomic E-state index is 13.2. The Morgan fingerprint density at radius 1 is 1.27 bits per heavy atom. The molecule has 0 amide bonds. The van der Waals surface area contributed by atoms with Crippen molar-refractivity contribution in [2.24, 2.45) is 0 Å². The SMILES string of the molecule is Cc1cc(F)ccc1S(=O)(=O)N1CC[C@H](c2ncccn2)C1. The number of aromatic nitrogens is 2. The summed E-state index contributed by atoms with van der Waals surface area (Å²) in [4.78, 5) is 8.55. The molecule has 1 aromatic carbocycles. The van der Waals surface area contributed by atoms with Gasteiger partial charge in [0.1, 0.15) is 11.6 Å². The Bertz CT molecular complexity index is 781. The molecule has 22 heavy (non-hydrogen) atoms. The molecule has 1 aliphatic heterocycles. The quantitative estimate of drug-likeness (QED) is 0.868. The Hall–Kier alpha value is -1.86. The summed E-state index contributed by atoms with van der Waals surface area (Å²) in [5.74, 6) is 0.223. The predicted molar refractivity (Wildman–Crippen MR) is 79.3 cm³/mol. The van der Waals surface area contributed by atoms with Crippen molar-refractivity contribution in [2.75, 3.05) is 13.1 Å². The lowest BCUT2D eigenvalue weighted by molar-refractivity contribution is 0.470. The van der Waals surface area contributed by atoms with Crippen molar-refractivity contribution in [3.8, 4) is 0 Å².